The van der Waals surface area contributed by atoms with Gasteiger partial charge in [0.25, 0.3) is 0 Å². The Labute approximate surface area is 208 Å². The average molecular weight is 454 g/mol. The van der Waals surface area contributed by atoms with E-state index in [0.29, 0.717) is 5.92 Å². The zero-order chi connectivity index (χ0) is 23.9. The second kappa shape index (κ2) is 8.74. The minimum absolute atomic E-state index is 0.472. The van der Waals surface area contributed by atoms with Gasteiger partial charge in [0.15, 0.2) is 0 Å². The maximum Gasteiger partial charge on any atom is 0.0538 e. The molecule has 1 aliphatic carbocycles. The molecule has 0 saturated carbocycles. The van der Waals surface area contributed by atoms with Crippen molar-refractivity contribution in [3.63, 3.8) is 0 Å². The standard InChI is InChI=1S/C34H31N/c1-23(2)28-19-17-25(21-31(28)29-14-8-7-11-24(29)3)26-18-20-34-32(22-26)30-15-9-10-16-33(30)35(34)27-12-5-4-6-13-27/h4-8,10-14,16-23H,9,15H2,1-3H3. The molecule has 0 radical (unpaired) electrons. The number of nitrogens with zero attached hydrogens (tertiary/aromatic N) is 1. The lowest BCUT2D eigenvalue weighted by atomic mass is 9.87. The third kappa shape index (κ3) is 3.72. The smallest absolute Gasteiger partial charge is 0.0538 e. The average Bonchev–Trinajstić information content (AvgIpc) is 3.23. The molecule has 172 valence electrons. The number of allylic oxidation sites excluding steroid dienone is 1. The van der Waals surface area contributed by atoms with E-state index in [1.807, 2.05) is 0 Å². The van der Waals surface area contributed by atoms with Crippen molar-refractivity contribution in [2.45, 2.75) is 39.5 Å². The molecule has 0 aliphatic heterocycles. The summed E-state index contributed by atoms with van der Waals surface area (Å²) in [7, 11) is 0. The van der Waals surface area contributed by atoms with Crippen LogP contribution < -0.4 is 0 Å². The van der Waals surface area contributed by atoms with Crippen molar-refractivity contribution in [3.8, 4) is 27.9 Å². The Bertz CT molecular complexity index is 1560. The fourth-order valence-corrected chi connectivity index (χ4v) is 5.62. The summed E-state index contributed by atoms with van der Waals surface area (Å²) >= 11 is 0. The molecule has 5 aromatic rings. The van der Waals surface area contributed by atoms with Crippen LogP contribution in [-0.2, 0) is 6.42 Å². The Morgan fingerprint density at radius 2 is 1.49 bits per heavy atom. The van der Waals surface area contributed by atoms with Gasteiger partial charge in [0.05, 0.1) is 5.52 Å². The highest BCUT2D eigenvalue weighted by molar-refractivity contribution is 5.94. The molecular weight excluding hydrogens is 422 g/mol. The van der Waals surface area contributed by atoms with Gasteiger partial charge >= 0.3 is 0 Å². The van der Waals surface area contributed by atoms with Gasteiger partial charge in [0.1, 0.15) is 0 Å². The van der Waals surface area contributed by atoms with Crippen LogP contribution in [0.5, 0.6) is 0 Å². The molecule has 0 unspecified atom stereocenters. The summed E-state index contributed by atoms with van der Waals surface area (Å²) in [6.07, 6.45) is 6.80. The number of rotatable bonds is 4. The molecule has 6 rings (SSSR count). The molecule has 0 fully saturated rings. The monoisotopic (exact) mass is 453 g/mol. The van der Waals surface area contributed by atoms with Gasteiger partial charge in [-0.05, 0) is 101 Å². The van der Waals surface area contributed by atoms with Gasteiger partial charge in [-0.15, -0.1) is 0 Å². The maximum absolute atomic E-state index is 2.42. The molecule has 0 saturated heterocycles. The van der Waals surface area contributed by atoms with E-state index in [1.54, 1.807) is 0 Å². The summed E-state index contributed by atoms with van der Waals surface area (Å²) in [6, 6.07) is 33.5. The molecule has 0 amide bonds. The van der Waals surface area contributed by atoms with Gasteiger partial charge in [0, 0.05) is 16.8 Å². The topological polar surface area (TPSA) is 4.93 Å². The number of aryl methyl sites for hydroxylation is 2. The van der Waals surface area contributed by atoms with Crippen LogP contribution in [-0.4, -0.2) is 4.57 Å². The molecule has 1 aliphatic rings. The Morgan fingerprint density at radius 1 is 0.743 bits per heavy atom. The minimum Gasteiger partial charge on any atom is -0.310 e. The fourth-order valence-electron chi connectivity index (χ4n) is 5.62. The normalized spacial score (nSPS) is 12.9. The predicted octanol–water partition coefficient (Wildman–Crippen LogP) is 9.36. The molecule has 1 heteroatoms. The SMILES string of the molecule is Cc1ccccc1-c1cc(-c2ccc3c(c2)c2c(n3-c3ccccc3)C=CCC2)ccc1C(C)C. The molecule has 0 N–H and O–H groups in total. The summed E-state index contributed by atoms with van der Waals surface area (Å²) in [4.78, 5) is 0. The van der Waals surface area contributed by atoms with Gasteiger partial charge in [-0.2, -0.15) is 0 Å². The zero-order valence-corrected chi connectivity index (χ0v) is 20.8. The second-order valence-electron chi connectivity index (χ2n) is 9.98. The van der Waals surface area contributed by atoms with E-state index in [0.717, 1.165) is 12.8 Å². The van der Waals surface area contributed by atoms with Gasteiger partial charge < -0.3 is 4.57 Å². The highest BCUT2D eigenvalue weighted by atomic mass is 15.0. The first-order valence-corrected chi connectivity index (χ1v) is 12.7. The lowest BCUT2D eigenvalue weighted by Gasteiger charge is -2.17. The van der Waals surface area contributed by atoms with Crippen molar-refractivity contribution < 1.29 is 0 Å². The van der Waals surface area contributed by atoms with E-state index in [2.05, 4.69) is 128 Å². The van der Waals surface area contributed by atoms with Crippen molar-refractivity contribution >= 4 is 17.0 Å². The molecule has 35 heavy (non-hydrogen) atoms. The number of hydrogen-bond donors (Lipinski definition) is 0. The first-order chi connectivity index (χ1) is 17.1. The molecule has 0 spiro atoms. The van der Waals surface area contributed by atoms with Crippen LogP contribution in [0.4, 0.5) is 0 Å². The van der Waals surface area contributed by atoms with Crippen molar-refractivity contribution in [1.82, 2.24) is 4.57 Å². The summed E-state index contributed by atoms with van der Waals surface area (Å²) < 4.78 is 2.42. The summed E-state index contributed by atoms with van der Waals surface area (Å²) in [5.74, 6) is 0.472. The summed E-state index contributed by atoms with van der Waals surface area (Å²) in [5, 5.41) is 1.37. The quantitative estimate of drug-likeness (QED) is 0.255. The van der Waals surface area contributed by atoms with Gasteiger partial charge in [-0.3, -0.25) is 0 Å². The van der Waals surface area contributed by atoms with E-state index in [4.69, 9.17) is 0 Å². The summed E-state index contributed by atoms with van der Waals surface area (Å²) in [6.45, 7) is 6.79. The highest BCUT2D eigenvalue weighted by Crippen LogP contribution is 2.39. The molecule has 1 nitrogen and oxygen atoms in total. The van der Waals surface area contributed by atoms with Crippen LogP contribution in [0.2, 0.25) is 0 Å². The van der Waals surface area contributed by atoms with E-state index >= 15 is 0 Å². The van der Waals surface area contributed by atoms with Crippen molar-refractivity contribution in [3.05, 3.63) is 119 Å². The van der Waals surface area contributed by atoms with Crippen molar-refractivity contribution in [2.24, 2.45) is 0 Å². The lowest BCUT2D eigenvalue weighted by molar-refractivity contribution is 0.869. The van der Waals surface area contributed by atoms with Gasteiger partial charge in [-0.25, -0.2) is 0 Å². The maximum atomic E-state index is 2.42. The van der Waals surface area contributed by atoms with Crippen LogP contribution in [0.3, 0.4) is 0 Å². The van der Waals surface area contributed by atoms with E-state index in [9.17, 15) is 0 Å². The fraction of sp³-hybridized carbons (Fsp3) is 0.176. The highest BCUT2D eigenvalue weighted by Gasteiger charge is 2.19. The number of aromatic nitrogens is 1. The zero-order valence-electron chi connectivity index (χ0n) is 20.8. The molecule has 1 aromatic heterocycles. The van der Waals surface area contributed by atoms with Crippen LogP contribution in [0.1, 0.15) is 48.6 Å². The molecule has 0 bridgehead atoms. The van der Waals surface area contributed by atoms with Crippen LogP contribution in [0, 0.1) is 6.92 Å². The molecule has 1 heterocycles. The Kier molecular flexibility index (Phi) is 5.41. The lowest BCUT2D eigenvalue weighted by Crippen LogP contribution is -1.99. The molecule has 0 atom stereocenters. The van der Waals surface area contributed by atoms with E-state index < -0.39 is 0 Å². The van der Waals surface area contributed by atoms with Crippen LogP contribution in [0.15, 0.2) is 97.1 Å². The number of benzene rings is 4. The largest absolute Gasteiger partial charge is 0.310 e. The van der Waals surface area contributed by atoms with Crippen LogP contribution >= 0.6 is 0 Å². The van der Waals surface area contributed by atoms with Gasteiger partial charge in [0.2, 0.25) is 0 Å². The first kappa shape index (κ1) is 21.7. The van der Waals surface area contributed by atoms with Crippen molar-refractivity contribution in [2.75, 3.05) is 0 Å². The Hall–Kier alpha value is -3.84. The number of para-hydroxylation sites is 1. The Balaban J connectivity index is 1.55. The van der Waals surface area contributed by atoms with Crippen LogP contribution in [0.25, 0.3) is 44.9 Å². The Morgan fingerprint density at radius 3 is 2.29 bits per heavy atom. The molecule has 4 aromatic carbocycles. The molecular formula is C34H31N. The summed E-state index contributed by atoms with van der Waals surface area (Å²) in [5.41, 5.74) is 13.3. The van der Waals surface area contributed by atoms with E-state index in [1.165, 1.54) is 61.2 Å². The van der Waals surface area contributed by atoms with E-state index in [-0.39, 0.29) is 0 Å². The minimum atomic E-state index is 0.472. The third-order valence-electron chi connectivity index (χ3n) is 7.41. The number of hydrogen-bond acceptors (Lipinski definition) is 0. The predicted molar refractivity (Wildman–Crippen MR) is 150 cm³/mol. The second-order valence-corrected chi connectivity index (χ2v) is 9.98. The third-order valence-corrected chi connectivity index (χ3v) is 7.41. The number of fused-ring (bicyclic) bond motifs is 3. The first-order valence-electron chi connectivity index (χ1n) is 12.7. The van der Waals surface area contributed by atoms with Gasteiger partial charge in [-0.1, -0.05) is 80.6 Å². The van der Waals surface area contributed by atoms with Crippen molar-refractivity contribution in [1.29, 1.82) is 0 Å².